The second kappa shape index (κ2) is 14.5. The van der Waals surface area contributed by atoms with Crippen LogP contribution in [0, 0.1) is 11.8 Å². The molecule has 0 spiro atoms. The van der Waals surface area contributed by atoms with Crippen LogP contribution in [0.2, 0.25) is 0 Å². The highest BCUT2D eigenvalue weighted by atomic mass is 15.2. The lowest BCUT2D eigenvalue weighted by atomic mass is 9.81. The predicted octanol–water partition coefficient (Wildman–Crippen LogP) is 15.0. The van der Waals surface area contributed by atoms with E-state index in [0.717, 1.165) is 6.42 Å². The number of fused-ring (bicyclic) bond motifs is 4. The average Bonchev–Trinajstić information content (AvgIpc) is 3.50. The van der Waals surface area contributed by atoms with Gasteiger partial charge in [-0.25, -0.2) is 0 Å². The van der Waals surface area contributed by atoms with Gasteiger partial charge in [-0.3, -0.25) is 0 Å². The van der Waals surface area contributed by atoms with E-state index < -0.39 is 0 Å². The summed E-state index contributed by atoms with van der Waals surface area (Å²) < 4.78 is 0. The lowest BCUT2D eigenvalue weighted by Gasteiger charge is -2.40. The fourth-order valence-corrected chi connectivity index (χ4v) is 9.85. The van der Waals surface area contributed by atoms with Gasteiger partial charge < -0.3 is 4.90 Å². The quantitative estimate of drug-likeness (QED) is 0.157. The van der Waals surface area contributed by atoms with Crippen LogP contribution in [0.5, 0.6) is 0 Å². The first-order chi connectivity index (χ1) is 28.3. The van der Waals surface area contributed by atoms with E-state index in [9.17, 15) is 0 Å². The van der Waals surface area contributed by atoms with Crippen molar-refractivity contribution in [1.29, 1.82) is 0 Å². The lowest BCUT2D eigenvalue weighted by Crippen LogP contribution is -2.39. The molecule has 0 saturated carbocycles. The van der Waals surface area contributed by atoms with Crippen molar-refractivity contribution in [2.24, 2.45) is 11.8 Å². The Morgan fingerprint density at radius 1 is 0.534 bits per heavy atom. The van der Waals surface area contributed by atoms with Crippen molar-refractivity contribution in [3.8, 4) is 33.4 Å². The van der Waals surface area contributed by atoms with E-state index in [0.29, 0.717) is 5.92 Å². The van der Waals surface area contributed by atoms with Gasteiger partial charge in [-0.2, -0.15) is 0 Å². The number of allylic oxidation sites excluding steroid dienone is 5. The van der Waals surface area contributed by atoms with Crippen molar-refractivity contribution >= 4 is 27.6 Å². The van der Waals surface area contributed by atoms with E-state index in [-0.39, 0.29) is 17.4 Å². The SMILES string of the molecule is CC1C=C(N(c2ccc(-c3ccc4c(c3)C(C)(C)c3ccccc3-4)cc2)C2C=CC(c3ccccc3)=CC2C)C(c2cccc3cccc(-c4ccccc4)c23)=CC1. The Bertz CT molecular complexity index is 2790. The smallest absolute Gasteiger partial charge is 0.0585 e. The number of anilines is 1. The Morgan fingerprint density at radius 3 is 1.91 bits per heavy atom. The zero-order valence-electron chi connectivity index (χ0n) is 33.9. The summed E-state index contributed by atoms with van der Waals surface area (Å²) in [4.78, 5) is 2.64. The van der Waals surface area contributed by atoms with E-state index in [1.54, 1.807) is 0 Å². The molecule has 0 amide bonds. The van der Waals surface area contributed by atoms with Gasteiger partial charge >= 0.3 is 0 Å². The van der Waals surface area contributed by atoms with E-state index in [4.69, 9.17) is 0 Å². The van der Waals surface area contributed by atoms with Crippen molar-refractivity contribution in [3.63, 3.8) is 0 Å². The van der Waals surface area contributed by atoms with Crippen molar-refractivity contribution in [3.05, 3.63) is 222 Å². The second-order valence-corrected chi connectivity index (χ2v) is 17.0. The van der Waals surface area contributed by atoms with E-state index in [2.05, 4.69) is 227 Å². The number of rotatable bonds is 7. The van der Waals surface area contributed by atoms with Crippen LogP contribution in [0.15, 0.2) is 200 Å². The molecule has 3 unspecified atom stereocenters. The Balaban J connectivity index is 1.09. The molecule has 0 heterocycles. The molecule has 3 atom stereocenters. The highest BCUT2D eigenvalue weighted by molar-refractivity contribution is 6.06. The molecule has 10 rings (SSSR count). The summed E-state index contributed by atoms with van der Waals surface area (Å²) in [6.07, 6.45) is 13.3. The van der Waals surface area contributed by atoms with Crippen molar-refractivity contribution < 1.29 is 0 Å². The third kappa shape index (κ3) is 6.18. The number of hydrogen-bond acceptors (Lipinski definition) is 1. The largest absolute Gasteiger partial charge is 0.334 e. The first-order valence-corrected chi connectivity index (χ1v) is 20.9. The second-order valence-electron chi connectivity index (χ2n) is 17.0. The van der Waals surface area contributed by atoms with Crippen LogP contribution in [0.3, 0.4) is 0 Å². The first kappa shape index (κ1) is 35.9. The van der Waals surface area contributed by atoms with E-state index >= 15 is 0 Å². The van der Waals surface area contributed by atoms with Gasteiger partial charge in [0.1, 0.15) is 0 Å². The monoisotopic (exact) mass is 747 g/mol. The molecule has 1 heteroatoms. The normalized spacial score (nSPS) is 19.2. The summed E-state index contributed by atoms with van der Waals surface area (Å²) in [5.74, 6) is 0.661. The summed E-state index contributed by atoms with van der Waals surface area (Å²) in [7, 11) is 0. The zero-order valence-corrected chi connectivity index (χ0v) is 33.9. The Kier molecular flexibility index (Phi) is 8.98. The van der Waals surface area contributed by atoms with Crippen LogP contribution in [-0.2, 0) is 5.41 Å². The molecule has 7 aromatic carbocycles. The minimum atomic E-state index is -0.0386. The van der Waals surface area contributed by atoms with Gasteiger partial charge in [0, 0.05) is 22.4 Å². The summed E-state index contributed by atoms with van der Waals surface area (Å²) >= 11 is 0. The van der Waals surface area contributed by atoms with Crippen molar-refractivity contribution in [1.82, 2.24) is 0 Å². The van der Waals surface area contributed by atoms with Crippen LogP contribution in [0.1, 0.15) is 56.4 Å². The fraction of sp³-hybridized carbons (Fsp3) is 0.158. The molecule has 3 aliphatic rings. The van der Waals surface area contributed by atoms with E-state index in [1.165, 1.54) is 88.9 Å². The zero-order chi connectivity index (χ0) is 39.4. The molecule has 0 aliphatic heterocycles. The van der Waals surface area contributed by atoms with Gasteiger partial charge in [-0.15, -0.1) is 0 Å². The number of benzene rings is 7. The number of hydrogen-bond donors (Lipinski definition) is 0. The van der Waals surface area contributed by atoms with Gasteiger partial charge in [0.2, 0.25) is 0 Å². The van der Waals surface area contributed by atoms with Crippen LogP contribution in [0.4, 0.5) is 5.69 Å². The molecule has 0 bridgehead atoms. The third-order valence-electron chi connectivity index (χ3n) is 12.9. The molecule has 7 aromatic rings. The molecule has 58 heavy (non-hydrogen) atoms. The van der Waals surface area contributed by atoms with Gasteiger partial charge in [0.25, 0.3) is 0 Å². The van der Waals surface area contributed by atoms with Gasteiger partial charge in [-0.1, -0.05) is 204 Å². The minimum absolute atomic E-state index is 0.0386. The summed E-state index contributed by atoms with van der Waals surface area (Å²) in [5, 5.41) is 2.56. The molecular formula is C57H49N. The van der Waals surface area contributed by atoms with Crippen molar-refractivity contribution in [2.75, 3.05) is 4.90 Å². The van der Waals surface area contributed by atoms with Crippen LogP contribution in [0.25, 0.3) is 55.3 Å². The minimum Gasteiger partial charge on any atom is -0.334 e. The van der Waals surface area contributed by atoms with Crippen LogP contribution in [-0.4, -0.2) is 6.04 Å². The van der Waals surface area contributed by atoms with E-state index in [1.807, 2.05) is 0 Å². The lowest BCUT2D eigenvalue weighted by molar-refractivity contribution is 0.595. The summed E-state index contributed by atoms with van der Waals surface area (Å²) in [5.41, 5.74) is 18.1. The van der Waals surface area contributed by atoms with Gasteiger partial charge in [0.05, 0.1) is 6.04 Å². The van der Waals surface area contributed by atoms with Crippen LogP contribution >= 0.6 is 0 Å². The Hall–Kier alpha value is -6.44. The maximum absolute atomic E-state index is 2.64. The maximum atomic E-state index is 2.64. The molecular weight excluding hydrogens is 699 g/mol. The molecule has 0 N–H and O–H groups in total. The molecule has 0 aromatic heterocycles. The highest BCUT2D eigenvalue weighted by Crippen LogP contribution is 2.50. The molecule has 282 valence electrons. The summed E-state index contributed by atoms with van der Waals surface area (Å²) in [6.45, 7) is 9.46. The maximum Gasteiger partial charge on any atom is 0.0585 e. The van der Waals surface area contributed by atoms with Gasteiger partial charge in [0.15, 0.2) is 0 Å². The fourth-order valence-electron chi connectivity index (χ4n) is 9.85. The predicted molar refractivity (Wildman–Crippen MR) is 248 cm³/mol. The molecule has 0 radical (unpaired) electrons. The van der Waals surface area contributed by atoms with Gasteiger partial charge in [-0.05, 0) is 108 Å². The van der Waals surface area contributed by atoms with Crippen molar-refractivity contribution in [2.45, 2.75) is 45.6 Å². The van der Waals surface area contributed by atoms with Crippen LogP contribution < -0.4 is 4.90 Å². The summed E-state index contributed by atoms with van der Waals surface area (Å²) in [6, 6.07) is 60.7. The Morgan fingerprint density at radius 2 is 1.17 bits per heavy atom. The first-order valence-electron chi connectivity index (χ1n) is 20.9. The average molecular weight is 748 g/mol. The third-order valence-corrected chi connectivity index (χ3v) is 12.9. The number of nitrogens with zero attached hydrogens (tertiary/aromatic N) is 1. The topological polar surface area (TPSA) is 3.24 Å². The Labute approximate surface area is 344 Å². The molecule has 0 fully saturated rings. The standard InChI is InChI=1S/C57H49N/c1-38-25-32-50(51-23-14-20-43-19-13-22-47(56(43)51)42-17-9-6-10-18-42)55(35-38)58(54-34-29-44(36-39(54)2)40-15-7-5-8-16-40)46-30-26-41(27-31-46)45-28-33-49-48-21-11-12-24-52(48)57(3,4)53(49)37-45/h5-24,26-39,54H,25H2,1-4H3. The molecule has 1 nitrogen and oxygen atoms in total. The molecule has 3 aliphatic carbocycles. The molecule has 0 saturated heterocycles. The highest BCUT2D eigenvalue weighted by Gasteiger charge is 2.36.